The molecule has 0 unspecified atom stereocenters. The Morgan fingerprint density at radius 1 is 1.75 bits per heavy atom. The van der Waals surface area contributed by atoms with E-state index in [4.69, 9.17) is 0 Å². The standard InChI is InChI=1S/C7H11O/c1-3-7(2)5-4-6-8/h3,6H,1,4-5H2,2H3. The Morgan fingerprint density at radius 2 is 2.38 bits per heavy atom. The molecule has 0 aliphatic rings. The first-order chi connectivity index (χ1) is 3.81. The van der Waals surface area contributed by atoms with Crippen molar-refractivity contribution < 1.29 is 4.79 Å². The molecule has 0 rings (SSSR count). The quantitative estimate of drug-likeness (QED) is 0.507. The number of allylic oxidation sites excluding steroid dienone is 2. The Balaban J connectivity index is 3.24. The third-order valence-corrected chi connectivity index (χ3v) is 1.00. The van der Waals surface area contributed by atoms with Crippen LogP contribution in [-0.2, 0) is 4.79 Å². The summed E-state index contributed by atoms with van der Waals surface area (Å²) in [7, 11) is 0. The van der Waals surface area contributed by atoms with Gasteiger partial charge in [0.1, 0.15) is 6.29 Å². The first-order valence-electron chi connectivity index (χ1n) is 2.69. The van der Waals surface area contributed by atoms with E-state index in [0.717, 1.165) is 12.7 Å². The second-order valence-electron chi connectivity index (χ2n) is 1.76. The minimum Gasteiger partial charge on any atom is -0.303 e. The average Bonchev–Trinajstić information content (AvgIpc) is 1.83. The first kappa shape index (κ1) is 7.41. The van der Waals surface area contributed by atoms with Gasteiger partial charge in [-0.3, -0.25) is 0 Å². The highest BCUT2D eigenvalue weighted by Crippen LogP contribution is 1.99. The number of hydrogen-bond acceptors (Lipinski definition) is 1. The summed E-state index contributed by atoms with van der Waals surface area (Å²) >= 11 is 0. The molecule has 1 radical (unpaired) electrons. The molecule has 0 fully saturated rings. The Kier molecular flexibility index (Phi) is 4.23. The normalized spacial score (nSPS) is 11.5. The van der Waals surface area contributed by atoms with Gasteiger partial charge in [-0.15, -0.1) is 0 Å². The van der Waals surface area contributed by atoms with Gasteiger partial charge in [0.05, 0.1) is 0 Å². The van der Waals surface area contributed by atoms with Crippen molar-refractivity contribution in [3.8, 4) is 0 Å². The van der Waals surface area contributed by atoms with Crippen LogP contribution in [-0.4, -0.2) is 6.29 Å². The van der Waals surface area contributed by atoms with Gasteiger partial charge in [0.25, 0.3) is 0 Å². The molecular formula is C7H11O. The predicted octanol–water partition coefficient (Wildman–Crippen LogP) is 1.75. The third-order valence-electron chi connectivity index (χ3n) is 1.00. The molecule has 1 nitrogen and oxygen atoms in total. The molecule has 0 aliphatic carbocycles. The van der Waals surface area contributed by atoms with E-state index >= 15 is 0 Å². The molecule has 0 saturated carbocycles. The molecule has 0 aromatic rings. The van der Waals surface area contributed by atoms with Crippen LogP contribution in [0.25, 0.3) is 0 Å². The second-order valence-corrected chi connectivity index (χ2v) is 1.76. The van der Waals surface area contributed by atoms with Crippen molar-refractivity contribution in [3.63, 3.8) is 0 Å². The predicted molar refractivity (Wildman–Crippen MR) is 34.4 cm³/mol. The van der Waals surface area contributed by atoms with Crippen LogP contribution in [0, 0.1) is 6.92 Å². The van der Waals surface area contributed by atoms with Gasteiger partial charge in [-0.1, -0.05) is 11.6 Å². The summed E-state index contributed by atoms with van der Waals surface area (Å²) in [5.74, 6) is 0. The van der Waals surface area contributed by atoms with Crippen LogP contribution in [0.1, 0.15) is 19.8 Å². The van der Waals surface area contributed by atoms with E-state index in [-0.39, 0.29) is 0 Å². The summed E-state index contributed by atoms with van der Waals surface area (Å²) in [5.41, 5.74) is 1.18. The fraction of sp³-hybridized carbons (Fsp3) is 0.429. The highest BCUT2D eigenvalue weighted by Gasteiger charge is 1.84. The van der Waals surface area contributed by atoms with Crippen molar-refractivity contribution in [2.45, 2.75) is 19.8 Å². The fourth-order valence-corrected chi connectivity index (χ4v) is 0.389. The molecule has 0 aromatic carbocycles. The van der Waals surface area contributed by atoms with Crippen LogP contribution in [0.4, 0.5) is 0 Å². The van der Waals surface area contributed by atoms with Gasteiger partial charge in [-0.05, 0) is 20.3 Å². The molecule has 0 aromatic heterocycles. The summed E-state index contributed by atoms with van der Waals surface area (Å²) in [6.07, 6.45) is 4.18. The lowest BCUT2D eigenvalue weighted by Gasteiger charge is -1.90. The number of rotatable bonds is 3. The molecule has 1 heteroatoms. The van der Waals surface area contributed by atoms with Gasteiger partial charge < -0.3 is 4.79 Å². The number of carbonyl (C=O) groups excluding carboxylic acids is 1. The van der Waals surface area contributed by atoms with E-state index in [2.05, 4.69) is 6.92 Å². The van der Waals surface area contributed by atoms with Crippen molar-refractivity contribution in [2.24, 2.45) is 0 Å². The highest BCUT2D eigenvalue weighted by molar-refractivity contribution is 5.49. The van der Waals surface area contributed by atoms with E-state index < -0.39 is 0 Å². The Hall–Kier alpha value is -0.590. The van der Waals surface area contributed by atoms with Crippen LogP contribution < -0.4 is 0 Å². The van der Waals surface area contributed by atoms with Crippen molar-refractivity contribution in [3.05, 3.63) is 18.6 Å². The Bertz CT molecular complexity index is 92.6. The number of aldehydes is 1. The van der Waals surface area contributed by atoms with Gasteiger partial charge >= 0.3 is 0 Å². The lowest BCUT2D eigenvalue weighted by Crippen LogP contribution is -1.76. The van der Waals surface area contributed by atoms with Crippen molar-refractivity contribution >= 4 is 6.29 Å². The maximum Gasteiger partial charge on any atom is 0.120 e. The molecule has 0 N–H and O–H groups in total. The van der Waals surface area contributed by atoms with Gasteiger partial charge in [0, 0.05) is 6.42 Å². The average molecular weight is 111 g/mol. The summed E-state index contributed by atoms with van der Waals surface area (Å²) in [5, 5.41) is 0. The maximum absolute atomic E-state index is 9.78. The monoisotopic (exact) mass is 111 g/mol. The van der Waals surface area contributed by atoms with Gasteiger partial charge in [0.15, 0.2) is 0 Å². The smallest absolute Gasteiger partial charge is 0.120 e. The highest BCUT2D eigenvalue weighted by atomic mass is 16.1. The zero-order valence-electron chi connectivity index (χ0n) is 5.18. The molecule has 45 valence electrons. The number of carbonyl (C=O) groups is 1. The lowest BCUT2D eigenvalue weighted by molar-refractivity contribution is -0.107. The SMILES string of the molecule is [CH2]C=C(C)CCC=O. The Morgan fingerprint density at radius 3 is 2.75 bits per heavy atom. The van der Waals surface area contributed by atoms with E-state index in [1.54, 1.807) is 6.08 Å². The van der Waals surface area contributed by atoms with Crippen molar-refractivity contribution in [1.82, 2.24) is 0 Å². The Labute approximate surface area is 50.4 Å². The first-order valence-corrected chi connectivity index (χ1v) is 2.69. The third kappa shape index (κ3) is 3.59. The minimum absolute atomic E-state index is 0.623. The van der Waals surface area contributed by atoms with Crippen molar-refractivity contribution in [2.75, 3.05) is 0 Å². The molecular weight excluding hydrogens is 100 g/mol. The van der Waals surface area contributed by atoms with E-state index in [1.807, 2.05) is 6.92 Å². The molecule has 0 heterocycles. The van der Waals surface area contributed by atoms with Crippen LogP contribution in [0.3, 0.4) is 0 Å². The zero-order valence-corrected chi connectivity index (χ0v) is 5.18. The van der Waals surface area contributed by atoms with Crippen molar-refractivity contribution in [1.29, 1.82) is 0 Å². The number of hydrogen-bond donors (Lipinski definition) is 0. The van der Waals surface area contributed by atoms with Gasteiger partial charge in [-0.25, -0.2) is 0 Å². The molecule has 0 amide bonds. The fourth-order valence-electron chi connectivity index (χ4n) is 0.389. The maximum atomic E-state index is 9.78. The molecule has 0 atom stereocenters. The molecule has 0 saturated heterocycles. The molecule has 0 aliphatic heterocycles. The minimum atomic E-state index is 0.623. The summed E-state index contributed by atoms with van der Waals surface area (Å²) in [6, 6.07) is 0. The summed E-state index contributed by atoms with van der Waals surface area (Å²) in [4.78, 5) is 9.78. The van der Waals surface area contributed by atoms with Crippen LogP contribution in [0.2, 0.25) is 0 Å². The summed E-state index contributed by atoms with van der Waals surface area (Å²) < 4.78 is 0. The topological polar surface area (TPSA) is 17.1 Å². The van der Waals surface area contributed by atoms with E-state index in [0.29, 0.717) is 6.42 Å². The zero-order chi connectivity index (χ0) is 6.41. The summed E-state index contributed by atoms with van der Waals surface area (Å²) in [6.45, 7) is 5.53. The van der Waals surface area contributed by atoms with E-state index in [1.165, 1.54) is 5.57 Å². The molecule has 0 bridgehead atoms. The van der Waals surface area contributed by atoms with Crippen LogP contribution >= 0.6 is 0 Å². The molecule has 0 spiro atoms. The van der Waals surface area contributed by atoms with Gasteiger partial charge in [-0.2, -0.15) is 0 Å². The van der Waals surface area contributed by atoms with Crippen LogP contribution in [0.15, 0.2) is 11.6 Å². The second kappa shape index (κ2) is 4.57. The van der Waals surface area contributed by atoms with Crippen LogP contribution in [0.5, 0.6) is 0 Å². The largest absolute Gasteiger partial charge is 0.303 e. The molecule has 8 heavy (non-hydrogen) atoms. The lowest BCUT2D eigenvalue weighted by atomic mass is 10.2. The van der Waals surface area contributed by atoms with Gasteiger partial charge in [0.2, 0.25) is 0 Å². The van der Waals surface area contributed by atoms with E-state index in [9.17, 15) is 4.79 Å².